The van der Waals surface area contributed by atoms with E-state index in [2.05, 4.69) is 31.1 Å². The summed E-state index contributed by atoms with van der Waals surface area (Å²) in [6, 6.07) is 19.4. The van der Waals surface area contributed by atoms with E-state index in [1.165, 1.54) is 5.56 Å². The second-order valence-electron chi connectivity index (χ2n) is 8.13. The number of rotatable bonds is 8. The number of benzene rings is 2. The molecule has 0 bridgehead atoms. The number of hydrogen-bond acceptors (Lipinski definition) is 4. The molecule has 156 valence electrons. The van der Waals surface area contributed by atoms with E-state index in [9.17, 15) is 4.79 Å². The molecule has 5 nitrogen and oxygen atoms in total. The smallest absolute Gasteiger partial charge is 0.258 e. The fraction of sp³-hybridized carbons (Fsp3) is 0.280. The largest absolute Gasteiger partial charge is 0.489 e. The molecule has 0 aliphatic rings. The van der Waals surface area contributed by atoms with Gasteiger partial charge < -0.3 is 14.8 Å². The van der Waals surface area contributed by atoms with Gasteiger partial charge in [0.25, 0.3) is 5.91 Å². The highest BCUT2D eigenvalue weighted by Gasteiger charge is 2.13. The van der Waals surface area contributed by atoms with Crippen LogP contribution in [-0.4, -0.2) is 17.5 Å². The van der Waals surface area contributed by atoms with Crippen LogP contribution in [0.5, 0.6) is 11.5 Å². The van der Waals surface area contributed by atoms with Crippen molar-refractivity contribution in [3.8, 4) is 11.5 Å². The molecule has 1 heterocycles. The van der Waals surface area contributed by atoms with E-state index in [0.29, 0.717) is 18.9 Å². The van der Waals surface area contributed by atoms with Gasteiger partial charge in [0.2, 0.25) is 0 Å². The van der Waals surface area contributed by atoms with Gasteiger partial charge >= 0.3 is 0 Å². The van der Waals surface area contributed by atoms with Gasteiger partial charge in [0.15, 0.2) is 6.61 Å². The maximum atomic E-state index is 12.1. The minimum Gasteiger partial charge on any atom is -0.489 e. The highest BCUT2D eigenvalue weighted by molar-refractivity contribution is 5.77. The number of hydrogen-bond donors (Lipinski definition) is 1. The molecule has 0 unspecified atom stereocenters. The Morgan fingerprint density at radius 2 is 1.57 bits per heavy atom. The molecule has 0 radical (unpaired) electrons. The molecule has 3 rings (SSSR count). The zero-order valence-corrected chi connectivity index (χ0v) is 17.7. The quantitative estimate of drug-likeness (QED) is 0.594. The Morgan fingerprint density at radius 1 is 0.900 bits per heavy atom. The van der Waals surface area contributed by atoms with Crippen molar-refractivity contribution in [3.63, 3.8) is 0 Å². The number of nitrogens with one attached hydrogen (secondary N) is 1. The topological polar surface area (TPSA) is 60.5 Å². The Hall–Kier alpha value is -3.34. The molecule has 1 aromatic heterocycles. The standard InChI is InChI=1S/C25H28N2O3/c1-25(2,3)21-8-12-23(13-9-21)30-18-24(28)27-16-19-6-10-22(11-7-19)29-17-20-5-4-14-26-15-20/h4-15H,16-18H2,1-3H3,(H,27,28). The maximum absolute atomic E-state index is 12.1. The Morgan fingerprint density at radius 3 is 2.20 bits per heavy atom. The molecular weight excluding hydrogens is 376 g/mol. The fourth-order valence-electron chi connectivity index (χ4n) is 2.81. The van der Waals surface area contributed by atoms with E-state index in [4.69, 9.17) is 9.47 Å². The minimum absolute atomic E-state index is 0.0127. The normalized spacial score (nSPS) is 11.0. The predicted molar refractivity (Wildman–Crippen MR) is 117 cm³/mol. The minimum atomic E-state index is -0.160. The summed E-state index contributed by atoms with van der Waals surface area (Å²) in [7, 11) is 0. The van der Waals surface area contributed by atoms with Crippen LogP contribution < -0.4 is 14.8 Å². The van der Waals surface area contributed by atoms with E-state index in [1.54, 1.807) is 12.4 Å². The second-order valence-corrected chi connectivity index (χ2v) is 8.13. The molecular formula is C25H28N2O3. The average molecular weight is 405 g/mol. The van der Waals surface area contributed by atoms with Crippen LogP contribution in [0.25, 0.3) is 0 Å². The van der Waals surface area contributed by atoms with Crippen LogP contribution in [0.3, 0.4) is 0 Å². The first-order valence-corrected chi connectivity index (χ1v) is 10.0. The zero-order valence-electron chi connectivity index (χ0n) is 17.7. The molecule has 1 N–H and O–H groups in total. The van der Waals surface area contributed by atoms with Gasteiger partial charge in [-0.15, -0.1) is 0 Å². The number of carbonyl (C=O) groups excluding carboxylic acids is 1. The van der Waals surface area contributed by atoms with Crippen LogP contribution in [0.15, 0.2) is 73.1 Å². The maximum Gasteiger partial charge on any atom is 0.258 e. The molecule has 3 aromatic rings. The Kier molecular flexibility index (Phi) is 7.07. The third kappa shape index (κ3) is 6.62. The number of aromatic nitrogens is 1. The van der Waals surface area contributed by atoms with Gasteiger partial charge in [-0.05, 0) is 46.9 Å². The van der Waals surface area contributed by atoms with Crippen molar-refractivity contribution in [3.05, 3.63) is 89.7 Å². The van der Waals surface area contributed by atoms with Crippen molar-refractivity contribution >= 4 is 5.91 Å². The summed E-state index contributed by atoms with van der Waals surface area (Å²) in [6.07, 6.45) is 3.52. The summed E-state index contributed by atoms with van der Waals surface area (Å²) < 4.78 is 11.3. The Labute approximate surface area is 178 Å². The molecule has 0 spiro atoms. The molecule has 0 aliphatic carbocycles. The van der Waals surface area contributed by atoms with Gasteiger partial charge in [0.05, 0.1) is 0 Å². The third-order valence-corrected chi connectivity index (χ3v) is 4.63. The molecule has 0 saturated heterocycles. The molecule has 2 aromatic carbocycles. The highest BCUT2D eigenvalue weighted by atomic mass is 16.5. The lowest BCUT2D eigenvalue weighted by Gasteiger charge is -2.19. The SMILES string of the molecule is CC(C)(C)c1ccc(OCC(=O)NCc2ccc(OCc3cccnc3)cc2)cc1. The van der Waals surface area contributed by atoms with Gasteiger partial charge in [-0.1, -0.05) is 51.1 Å². The highest BCUT2D eigenvalue weighted by Crippen LogP contribution is 2.24. The number of ether oxygens (including phenoxy) is 2. The van der Waals surface area contributed by atoms with Gasteiger partial charge in [-0.2, -0.15) is 0 Å². The van der Waals surface area contributed by atoms with Crippen LogP contribution in [-0.2, 0) is 23.4 Å². The van der Waals surface area contributed by atoms with Crippen molar-refractivity contribution in [2.45, 2.75) is 39.3 Å². The average Bonchev–Trinajstić information content (AvgIpc) is 2.76. The lowest BCUT2D eigenvalue weighted by atomic mass is 9.87. The van der Waals surface area contributed by atoms with Gasteiger partial charge in [0, 0.05) is 24.5 Å². The first-order chi connectivity index (χ1) is 14.4. The monoisotopic (exact) mass is 404 g/mol. The van der Waals surface area contributed by atoms with E-state index in [0.717, 1.165) is 16.9 Å². The van der Waals surface area contributed by atoms with Gasteiger partial charge in [-0.3, -0.25) is 9.78 Å². The molecule has 5 heteroatoms. The fourth-order valence-corrected chi connectivity index (χ4v) is 2.81. The molecule has 0 atom stereocenters. The lowest BCUT2D eigenvalue weighted by molar-refractivity contribution is -0.123. The van der Waals surface area contributed by atoms with E-state index < -0.39 is 0 Å². The summed E-state index contributed by atoms with van der Waals surface area (Å²) in [6.45, 7) is 7.38. The number of carbonyl (C=O) groups is 1. The van der Waals surface area contributed by atoms with Crippen LogP contribution >= 0.6 is 0 Å². The number of nitrogens with zero attached hydrogens (tertiary/aromatic N) is 1. The van der Waals surface area contributed by atoms with E-state index >= 15 is 0 Å². The van der Waals surface area contributed by atoms with E-state index in [1.807, 2.05) is 60.7 Å². The van der Waals surface area contributed by atoms with Crippen molar-refractivity contribution in [2.24, 2.45) is 0 Å². The molecule has 1 amide bonds. The molecule has 0 fully saturated rings. The second kappa shape index (κ2) is 9.92. The Bertz CT molecular complexity index is 931. The summed E-state index contributed by atoms with van der Waals surface area (Å²) >= 11 is 0. The first kappa shape index (κ1) is 21.4. The summed E-state index contributed by atoms with van der Waals surface area (Å²) in [5.74, 6) is 1.30. The zero-order chi connectivity index (χ0) is 21.4. The third-order valence-electron chi connectivity index (χ3n) is 4.63. The molecule has 30 heavy (non-hydrogen) atoms. The van der Waals surface area contributed by atoms with Crippen LogP contribution in [0.2, 0.25) is 0 Å². The number of amides is 1. The van der Waals surface area contributed by atoms with Crippen molar-refractivity contribution < 1.29 is 14.3 Å². The van der Waals surface area contributed by atoms with E-state index in [-0.39, 0.29) is 17.9 Å². The molecule has 0 saturated carbocycles. The summed E-state index contributed by atoms with van der Waals surface area (Å²) in [4.78, 5) is 16.1. The van der Waals surface area contributed by atoms with Gasteiger partial charge in [-0.25, -0.2) is 0 Å². The van der Waals surface area contributed by atoms with Crippen molar-refractivity contribution in [2.75, 3.05) is 6.61 Å². The van der Waals surface area contributed by atoms with Crippen molar-refractivity contribution in [1.29, 1.82) is 0 Å². The van der Waals surface area contributed by atoms with Crippen molar-refractivity contribution in [1.82, 2.24) is 10.3 Å². The molecule has 0 aliphatic heterocycles. The first-order valence-electron chi connectivity index (χ1n) is 10.0. The van der Waals surface area contributed by atoms with Crippen LogP contribution in [0.4, 0.5) is 0 Å². The predicted octanol–water partition coefficient (Wildman–Crippen LogP) is 4.65. The van der Waals surface area contributed by atoms with Gasteiger partial charge in [0.1, 0.15) is 18.1 Å². The lowest BCUT2D eigenvalue weighted by Crippen LogP contribution is -2.28. The van der Waals surface area contributed by atoms with Crippen LogP contribution in [0, 0.1) is 0 Å². The summed E-state index contributed by atoms with van der Waals surface area (Å²) in [5, 5.41) is 2.87. The number of pyridine rings is 1. The Balaban J connectivity index is 1.40. The van der Waals surface area contributed by atoms with Crippen LogP contribution in [0.1, 0.15) is 37.5 Å². The summed E-state index contributed by atoms with van der Waals surface area (Å²) in [5.41, 5.74) is 3.33.